The molecule has 0 atom stereocenters. The van der Waals surface area contributed by atoms with Gasteiger partial charge in [0.15, 0.2) is 0 Å². The molecule has 2 aliphatic rings. The van der Waals surface area contributed by atoms with Crippen LogP contribution >= 0.6 is 0 Å². The van der Waals surface area contributed by atoms with E-state index in [4.69, 9.17) is 9.47 Å². The topological polar surface area (TPSA) is 109 Å². The quantitative estimate of drug-likeness (QED) is 0.329. The number of imide groups is 1. The van der Waals surface area contributed by atoms with Crippen LogP contribution in [0.4, 0.5) is 9.59 Å². The molecule has 0 aliphatic heterocycles. The molecule has 0 heterocycles. The molecule has 0 aromatic rings. The Bertz CT molecular complexity index is 705. The van der Waals surface area contributed by atoms with Gasteiger partial charge in [0.2, 0.25) is 0 Å². The number of carbonyl (C=O) groups excluding carboxylic acids is 3. The zero-order valence-corrected chi connectivity index (χ0v) is 22.2. The number of nitrogens with one attached hydrogen (secondary N) is 3. The van der Waals surface area contributed by atoms with E-state index < -0.39 is 17.5 Å². The smallest absolute Gasteiger partial charge is 0.407 e. The van der Waals surface area contributed by atoms with Crippen molar-refractivity contribution in [1.29, 1.82) is 0 Å². The van der Waals surface area contributed by atoms with E-state index in [1.807, 2.05) is 27.7 Å². The summed E-state index contributed by atoms with van der Waals surface area (Å²) in [7, 11) is 0. The molecule has 0 bridgehead atoms. The first kappa shape index (κ1) is 28.9. The van der Waals surface area contributed by atoms with Crippen LogP contribution in [0.25, 0.3) is 0 Å². The molecule has 35 heavy (non-hydrogen) atoms. The molecular formula is C26H46N4O5. The highest BCUT2D eigenvalue weighted by molar-refractivity contribution is 6.00. The Kier molecular flexibility index (Phi) is 11.8. The number of carbonyl (C=O) groups is 3. The average Bonchev–Trinajstić information content (AvgIpc) is 2.78. The Morgan fingerprint density at radius 2 is 1.51 bits per heavy atom. The molecule has 0 spiro atoms. The van der Waals surface area contributed by atoms with E-state index in [2.05, 4.69) is 27.8 Å². The van der Waals surface area contributed by atoms with Gasteiger partial charge in [-0.1, -0.05) is 6.92 Å². The Morgan fingerprint density at radius 1 is 0.914 bits per heavy atom. The van der Waals surface area contributed by atoms with Crippen molar-refractivity contribution in [1.82, 2.24) is 20.9 Å². The van der Waals surface area contributed by atoms with Gasteiger partial charge in [-0.25, -0.2) is 9.59 Å². The largest absolute Gasteiger partial charge is 0.501 e. The number of alkyl carbamates (subject to hydrolysis) is 1. The molecule has 3 N–H and O–H groups in total. The third-order valence-electron chi connectivity index (χ3n) is 6.73. The van der Waals surface area contributed by atoms with Crippen LogP contribution in [0.3, 0.4) is 0 Å². The van der Waals surface area contributed by atoms with Gasteiger partial charge in [0.25, 0.3) is 5.91 Å². The summed E-state index contributed by atoms with van der Waals surface area (Å²) >= 11 is 0. The third kappa shape index (κ3) is 11.3. The van der Waals surface area contributed by atoms with Crippen LogP contribution in [-0.2, 0) is 14.3 Å². The number of nitrogens with zero attached hydrogens (tertiary/aromatic N) is 1. The van der Waals surface area contributed by atoms with Crippen molar-refractivity contribution in [3.05, 3.63) is 12.3 Å². The SMILES string of the molecule is CCO/C=C/C(=O)NC(=O)NC1CCC(CN(CC)C2CCC(NC(=O)OC(C)(C)C)CC2)CC1. The monoisotopic (exact) mass is 494 g/mol. The summed E-state index contributed by atoms with van der Waals surface area (Å²) < 4.78 is 10.4. The van der Waals surface area contributed by atoms with E-state index in [0.29, 0.717) is 18.6 Å². The van der Waals surface area contributed by atoms with E-state index in [0.717, 1.165) is 64.5 Å². The summed E-state index contributed by atoms with van der Waals surface area (Å²) in [5.74, 6) is 0.128. The van der Waals surface area contributed by atoms with Gasteiger partial charge >= 0.3 is 12.1 Å². The van der Waals surface area contributed by atoms with Crippen molar-refractivity contribution >= 4 is 18.0 Å². The zero-order chi connectivity index (χ0) is 25.8. The lowest BCUT2D eigenvalue weighted by Gasteiger charge is -2.39. The van der Waals surface area contributed by atoms with E-state index in [9.17, 15) is 14.4 Å². The maximum Gasteiger partial charge on any atom is 0.407 e. The number of hydrogen-bond donors (Lipinski definition) is 3. The van der Waals surface area contributed by atoms with Crippen LogP contribution in [0.1, 0.15) is 86.0 Å². The number of urea groups is 1. The summed E-state index contributed by atoms with van der Waals surface area (Å²) in [5, 5.41) is 8.26. The van der Waals surface area contributed by atoms with Crippen molar-refractivity contribution < 1.29 is 23.9 Å². The second kappa shape index (κ2) is 14.3. The molecular weight excluding hydrogens is 448 g/mol. The second-order valence-electron chi connectivity index (χ2n) is 10.7. The molecule has 2 saturated carbocycles. The van der Waals surface area contributed by atoms with Gasteiger partial charge in [-0.05, 0) is 91.5 Å². The lowest BCUT2D eigenvalue weighted by Crippen LogP contribution is -2.48. The Hall–Kier alpha value is -2.29. The summed E-state index contributed by atoms with van der Waals surface area (Å²) in [4.78, 5) is 38.4. The minimum atomic E-state index is -0.487. The standard InChI is InChI=1S/C26H46N4O5/c1-6-30(22-14-12-21(13-15-22)28-25(33)35-26(3,4)5)18-19-8-10-20(11-9-19)27-24(32)29-23(31)16-17-34-7-2/h16-17,19-22H,6-15,18H2,1-5H3,(H,28,33)(H2,27,29,31,32)/b17-16+. The van der Waals surface area contributed by atoms with E-state index in [-0.39, 0.29) is 18.2 Å². The summed E-state index contributed by atoms with van der Waals surface area (Å²) in [6.45, 7) is 12.3. The molecule has 0 saturated heterocycles. The van der Waals surface area contributed by atoms with Crippen molar-refractivity contribution in [2.24, 2.45) is 5.92 Å². The van der Waals surface area contributed by atoms with Crippen LogP contribution in [0.2, 0.25) is 0 Å². The molecule has 200 valence electrons. The molecule has 0 aromatic heterocycles. The lowest BCUT2D eigenvalue weighted by atomic mass is 9.84. The van der Waals surface area contributed by atoms with Crippen LogP contribution in [0.15, 0.2) is 12.3 Å². The van der Waals surface area contributed by atoms with Crippen LogP contribution in [-0.4, -0.2) is 66.4 Å². The normalized spacial score (nSPS) is 25.2. The van der Waals surface area contributed by atoms with E-state index in [1.165, 1.54) is 12.3 Å². The summed E-state index contributed by atoms with van der Waals surface area (Å²) in [6, 6.07) is 0.383. The molecule has 9 nitrogen and oxygen atoms in total. The highest BCUT2D eigenvalue weighted by Crippen LogP contribution is 2.29. The first-order chi connectivity index (χ1) is 16.6. The molecule has 2 rings (SSSR count). The van der Waals surface area contributed by atoms with Crippen molar-refractivity contribution in [3.8, 4) is 0 Å². The Labute approximate surface area is 210 Å². The fourth-order valence-corrected chi connectivity index (χ4v) is 5.00. The van der Waals surface area contributed by atoms with Crippen molar-refractivity contribution in [2.75, 3.05) is 19.7 Å². The summed E-state index contributed by atoms with van der Waals surface area (Å²) in [5.41, 5.74) is -0.475. The lowest BCUT2D eigenvalue weighted by molar-refractivity contribution is -0.115. The molecule has 0 radical (unpaired) electrons. The predicted octanol–water partition coefficient (Wildman–Crippen LogP) is 4.08. The highest BCUT2D eigenvalue weighted by atomic mass is 16.6. The Morgan fingerprint density at radius 3 is 2.09 bits per heavy atom. The number of hydrogen-bond acceptors (Lipinski definition) is 6. The van der Waals surface area contributed by atoms with Crippen LogP contribution in [0.5, 0.6) is 0 Å². The van der Waals surface area contributed by atoms with Crippen LogP contribution < -0.4 is 16.0 Å². The van der Waals surface area contributed by atoms with Gasteiger partial charge in [0, 0.05) is 30.7 Å². The number of rotatable bonds is 9. The molecule has 0 aromatic carbocycles. The third-order valence-corrected chi connectivity index (χ3v) is 6.73. The van der Waals surface area contributed by atoms with Crippen molar-refractivity contribution in [2.45, 2.75) is 110 Å². The average molecular weight is 495 g/mol. The second-order valence-corrected chi connectivity index (χ2v) is 10.7. The summed E-state index contributed by atoms with van der Waals surface area (Å²) in [6.07, 6.45) is 10.3. The first-order valence-corrected chi connectivity index (χ1v) is 13.2. The maximum absolute atomic E-state index is 12.1. The van der Waals surface area contributed by atoms with E-state index >= 15 is 0 Å². The van der Waals surface area contributed by atoms with Gasteiger partial charge in [-0.3, -0.25) is 10.1 Å². The number of ether oxygens (including phenoxy) is 2. The Balaban J connectivity index is 1.68. The van der Waals surface area contributed by atoms with Gasteiger partial charge in [-0.2, -0.15) is 0 Å². The van der Waals surface area contributed by atoms with Gasteiger partial charge in [0.05, 0.1) is 12.9 Å². The molecule has 0 unspecified atom stereocenters. The van der Waals surface area contributed by atoms with Crippen molar-refractivity contribution in [3.63, 3.8) is 0 Å². The zero-order valence-electron chi connectivity index (χ0n) is 22.2. The molecule has 9 heteroatoms. The first-order valence-electron chi connectivity index (χ1n) is 13.2. The van der Waals surface area contributed by atoms with E-state index in [1.54, 1.807) is 0 Å². The number of amides is 4. The van der Waals surface area contributed by atoms with Gasteiger partial charge in [0.1, 0.15) is 5.60 Å². The molecule has 2 aliphatic carbocycles. The van der Waals surface area contributed by atoms with Gasteiger partial charge < -0.3 is 25.0 Å². The van der Waals surface area contributed by atoms with Crippen LogP contribution in [0, 0.1) is 5.92 Å². The minimum absolute atomic E-state index is 0.0966. The van der Waals surface area contributed by atoms with Gasteiger partial charge in [-0.15, -0.1) is 0 Å². The molecule has 2 fully saturated rings. The fraction of sp³-hybridized carbons (Fsp3) is 0.808. The minimum Gasteiger partial charge on any atom is -0.501 e. The fourth-order valence-electron chi connectivity index (χ4n) is 5.00. The highest BCUT2D eigenvalue weighted by Gasteiger charge is 2.30. The maximum atomic E-state index is 12.1. The molecule has 4 amide bonds. The predicted molar refractivity (Wildman–Crippen MR) is 136 cm³/mol.